The first-order valence-electron chi connectivity index (χ1n) is 9.05. The van der Waals surface area contributed by atoms with Crippen molar-refractivity contribution in [3.05, 3.63) is 42.5 Å². The summed E-state index contributed by atoms with van der Waals surface area (Å²) in [6, 6.07) is 7.98. The minimum absolute atomic E-state index is 0.0267. The summed E-state index contributed by atoms with van der Waals surface area (Å²) in [5.41, 5.74) is 2.04. The SMILES string of the molecule is CC(C)[C@H](C(=O)N[C@@H](C)c1ccc(-n2cncn2)cc1)N1CCCC1. The predicted molar refractivity (Wildman–Crippen MR) is 97.3 cm³/mol. The highest BCUT2D eigenvalue weighted by Gasteiger charge is 2.31. The second-order valence-corrected chi connectivity index (χ2v) is 7.09. The first-order chi connectivity index (χ1) is 12.1. The van der Waals surface area contributed by atoms with Gasteiger partial charge in [-0.3, -0.25) is 9.69 Å². The van der Waals surface area contributed by atoms with Crippen LogP contribution in [0.25, 0.3) is 5.69 Å². The van der Waals surface area contributed by atoms with Crippen molar-refractivity contribution in [2.24, 2.45) is 5.92 Å². The Hall–Kier alpha value is -2.21. The van der Waals surface area contributed by atoms with E-state index in [-0.39, 0.29) is 18.0 Å². The van der Waals surface area contributed by atoms with Crippen LogP contribution in [0, 0.1) is 5.92 Å². The van der Waals surface area contributed by atoms with Gasteiger partial charge in [0.2, 0.25) is 5.91 Å². The molecule has 1 N–H and O–H groups in total. The van der Waals surface area contributed by atoms with Crippen molar-refractivity contribution in [2.45, 2.75) is 45.7 Å². The molecule has 0 bridgehead atoms. The first kappa shape index (κ1) is 17.6. The number of benzene rings is 1. The van der Waals surface area contributed by atoms with Crippen LogP contribution < -0.4 is 5.32 Å². The zero-order chi connectivity index (χ0) is 17.8. The summed E-state index contributed by atoms with van der Waals surface area (Å²) >= 11 is 0. The normalized spacial score (nSPS) is 17.6. The average Bonchev–Trinajstić information content (AvgIpc) is 3.28. The standard InChI is InChI=1S/C19H27N5O/c1-14(2)18(23-10-4-5-11-23)19(25)22-15(3)16-6-8-17(9-7-16)24-13-20-12-21-24/h6-9,12-15,18H,4-5,10-11H2,1-3H3,(H,22,25)/t15-,18+/m0/s1. The Balaban J connectivity index is 1.66. The van der Waals surface area contributed by atoms with Gasteiger partial charge in [0.1, 0.15) is 12.7 Å². The van der Waals surface area contributed by atoms with Crippen molar-refractivity contribution < 1.29 is 4.79 Å². The maximum Gasteiger partial charge on any atom is 0.238 e. The minimum atomic E-state index is -0.0422. The van der Waals surface area contributed by atoms with E-state index in [2.05, 4.69) is 34.1 Å². The lowest BCUT2D eigenvalue weighted by atomic mass is 10.0. The molecular weight excluding hydrogens is 314 g/mol. The van der Waals surface area contributed by atoms with Crippen LogP contribution in [0.1, 0.15) is 45.2 Å². The minimum Gasteiger partial charge on any atom is -0.348 e. The third-order valence-electron chi connectivity index (χ3n) is 4.87. The average molecular weight is 341 g/mol. The lowest BCUT2D eigenvalue weighted by Gasteiger charge is -2.30. The number of hydrogen-bond donors (Lipinski definition) is 1. The van der Waals surface area contributed by atoms with Gasteiger partial charge in [0.15, 0.2) is 0 Å². The van der Waals surface area contributed by atoms with Gasteiger partial charge in [-0.05, 0) is 56.5 Å². The maximum absolute atomic E-state index is 12.8. The molecule has 2 atom stereocenters. The van der Waals surface area contributed by atoms with Gasteiger partial charge < -0.3 is 5.32 Å². The summed E-state index contributed by atoms with van der Waals surface area (Å²) in [4.78, 5) is 19.1. The molecule has 134 valence electrons. The Labute approximate surface area is 149 Å². The van der Waals surface area contributed by atoms with E-state index in [1.165, 1.54) is 19.2 Å². The van der Waals surface area contributed by atoms with Crippen molar-refractivity contribution in [2.75, 3.05) is 13.1 Å². The van der Waals surface area contributed by atoms with Crippen molar-refractivity contribution in [3.63, 3.8) is 0 Å². The number of rotatable bonds is 6. The Morgan fingerprint density at radius 2 is 1.80 bits per heavy atom. The number of likely N-dealkylation sites (tertiary alicyclic amines) is 1. The molecule has 1 aromatic carbocycles. The zero-order valence-corrected chi connectivity index (χ0v) is 15.2. The highest BCUT2D eigenvalue weighted by Crippen LogP contribution is 2.20. The second kappa shape index (κ2) is 7.78. The third kappa shape index (κ3) is 4.07. The molecule has 1 fully saturated rings. The lowest BCUT2D eigenvalue weighted by molar-refractivity contribution is -0.128. The quantitative estimate of drug-likeness (QED) is 0.877. The molecule has 2 aromatic rings. The van der Waals surface area contributed by atoms with Gasteiger partial charge in [-0.2, -0.15) is 5.10 Å². The molecule has 1 aromatic heterocycles. The molecule has 0 radical (unpaired) electrons. The largest absolute Gasteiger partial charge is 0.348 e. The smallest absolute Gasteiger partial charge is 0.238 e. The van der Waals surface area contributed by atoms with Gasteiger partial charge in [-0.1, -0.05) is 26.0 Å². The molecular formula is C19H27N5O. The Morgan fingerprint density at radius 3 is 2.36 bits per heavy atom. The van der Waals surface area contributed by atoms with Crippen molar-refractivity contribution in [1.82, 2.24) is 25.0 Å². The van der Waals surface area contributed by atoms with Gasteiger partial charge >= 0.3 is 0 Å². The number of aromatic nitrogens is 3. The zero-order valence-electron chi connectivity index (χ0n) is 15.2. The van der Waals surface area contributed by atoms with Crippen LogP contribution in [0.5, 0.6) is 0 Å². The topological polar surface area (TPSA) is 63.1 Å². The van der Waals surface area contributed by atoms with Crippen molar-refractivity contribution in [3.8, 4) is 5.69 Å². The van der Waals surface area contributed by atoms with Gasteiger partial charge in [-0.15, -0.1) is 0 Å². The fraction of sp³-hybridized carbons (Fsp3) is 0.526. The molecule has 1 aliphatic rings. The molecule has 0 spiro atoms. The third-order valence-corrected chi connectivity index (χ3v) is 4.87. The number of carbonyl (C=O) groups excluding carboxylic acids is 1. The number of hydrogen-bond acceptors (Lipinski definition) is 4. The molecule has 6 nitrogen and oxygen atoms in total. The number of amides is 1. The summed E-state index contributed by atoms with van der Waals surface area (Å²) in [6.07, 6.45) is 5.57. The fourth-order valence-electron chi connectivity index (χ4n) is 3.55. The van der Waals surface area contributed by atoms with E-state index in [1.807, 2.05) is 31.2 Å². The fourth-order valence-corrected chi connectivity index (χ4v) is 3.55. The monoisotopic (exact) mass is 341 g/mol. The van der Waals surface area contributed by atoms with Gasteiger partial charge in [0.25, 0.3) is 0 Å². The molecule has 25 heavy (non-hydrogen) atoms. The van der Waals surface area contributed by atoms with Crippen LogP contribution >= 0.6 is 0 Å². The summed E-state index contributed by atoms with van der Waals surface area (Å²) < 4.78 is 1.72. The Kier molecular flexibility index (Phi) is 5.48. The highest BCUT2D eigenvalue weighted by atomic mass is 16.2. The van der Waals surface area contributed by atoms with E-state index in [0.29, 0.717) is 5.92 Å². The molecule has 3 rings (SSSR count). The highest BCUT2D eigenvalue weighted by molar-refractivity contribution is 5.82. The van der Waals surface area contributed by atoms with Crippen LogP contribution in [0.3, 0.4) is 0 Å². The Morgan fingerprint density at radius 1 is 1.12 bits per heavy atom. The number of nitrogens with one attached hydrogen (secondary N) is 1. The van der Waals surface area contributed by atoms with E-state index in [4.69, 9.17) is 0 Å². The van der Waals surface area contributed by atoms with Crippen molar-refractivity contribution in [1.29, 1.82) is 0 Å². The molecule has 1 amide bonds. The molecule has 6 heteroatoms. The molecule has 1 saturated heterocycles. The summed E-state index contributed by atoms with van der Waals surface area (Å²) in [7, 11) is 0. The summed E-state index contributed by atoms with van der Waals surface area (Å²) in [5, 5.41) is 7.32. The summed E-state index contributed by atoms with van der Waals surface area (Å²) in [6.45, 7) is 8.33. The van der Waals surface area contributed by atoms with Crippen LogP contribution in [-0.4, -0.2) is 44.7 Å². The van der Waals surface area contributed by atoms with E-state index < -0.39 is 0 Å². The summed E-state index contributed by atoms with van der Waals surface area (Å²) in [5.74, 6) is 0.435. The van der Waals surface area contributed by atoms with Gasteiger partial charge in [0, 0.05) is 0 Å². The lowest BCUT2D eigenvalue weighted by Crippen LogP contribution is -2.49. The second-order valence-electron chi connectivity index (χ2n) is 7.09. The van der Waals surface area contributed by atoms with E-state index in [0.717, 1.165) is 24.3 Å². The van der Waals surface area contributed by atoms with Crippen LogP contribution in [0.2, 0.25) is 0 Å². The molecule has 0 unspecified atom stereocenters. The van der Waals surface area contributed by atoms with Crippen LogP contribution in [-0.2, 0) is 4.79 Å². The number of carbonyl (C=O) groups is 1. The van der Waals surface area contributed by atoms with Crippen LogP contribution in [0.4, 0.5) is 0 Å². The van der Waals surface area contributed by atoms with Gasteiger partial charge in [0.05, 0.1) is 17.8 Å². The molecule has 0 saturated carbocycles. The van der Waals surface area contributed by atoms with Crippen molar-refractivity contribution >= 4 is 5.91 Å². The number of nitrogens with zero attached hydrogens (tertiary/aromatic N) is 4. The van der Waals surface area contributed by atoms with E-state index in [1.54, 1.807) is 11.0 Å². The van der Waals surface area contributed by atoms with Gasteiger partial charge in [-0.25, -0.2) is 9.67 Å². The first-order valence-corrected chi connectivity index (χ1v) is 9.05. The van der Waals surface area contributed by atoms with E-state index in [9.17, 15) is 4.79 Å². The Bertz CT molecular complexity index is 674. The maximum atomic E-state index is 12.8. The molecule has 1 aliphatic heterocycles. The molecule has 0 aliphatic carbocycles. The van der Waals surface area contributed by atoms with Crippen LogP contribution in [0.15, 0.2) is 36.9 Å². The van der Waals surface area contributed by atoms with E-state index >= 15 is 0 Å². The molecule has 2 heterocycles. The predicted octanol–water partition coefficient (Wildman–Crippen LogP) is 2.56.